The zero-order chi connectivity index (χ0) is 9.68. The third-order valence-electron chi connectivity index (χ3n) is 1.77. The molecule has 0 unspecified atom stereocenters. The van der Waals surface area contributed by atoms with Crippen LogP contribution >= 0.6 is 0 Å². The molecule has 4 nitrogen and oxygen atoms in total. The molecule has 13 heavy (non-hydrogen) atoms. The highest BCUT2D eigenvalue weighted by Gasteiger charge is 2.06. The largest absolute Gasteiger partial charge is 0.383 e. The predicted octanol–water partition coefficient (Wildman–Crippen LogP) is 0.401. The molecule has 0 atom stereocenters. The molecule has 0 aliphatic rings. The molecule has 1 aromatic rings. The highest BCUT2D eigenvalue weighted by atomic mass is 16.5. The fourth-order valence-corrected chi connectivity index (χ4v) is 1.05. The van der Waals surface area contributed by atoms with Gasteiger partial charge in [-0.15, -0.1) is 0 Å². The normalized spacial score (nSPS) is 10.0. The Kier molecular flexibility index (Phi) is 3.52. The van der Waals surface area contributed by atoms with Gasteiger partial charge in [0.15, 0.2) is 0 Å². The molecule has 0 bridgehead atoms. The second-order valence-electron chi connectivity index (χ2n) is 2.75. The first kappa shape index (κ1) is 9.80. The summed E-state index contributed by atoms with van der Waals surface area (Å²) >= 11 is 0. The smallest absolute Gasteiger partial charge is 0.267 e. The van der Waals surface area contributed by atoms with Crippen LogP contribution < -0.4 is 5.32 Å². The van der Waals surface area contributed by atoms with Gasteiger partial charge < -0.3 is 14.6 Å². The Bertz CT molecular complexity index is 281. The van der Waals surface area contributed by atoms with Crippen molar-refractivity contribution in [3.63, 3.8) is 0 Å². The van der Waals surface area contributed by atoms with E-state index in [9.17, 15) is 4.79 Å². The SMILES string of the molecule is COCCNC(=O)c1cccn1C. The summed E-state index contributed by atoms with van der Waals surface area (Å²) in [7, 11) is 3.44. The number of ether oxygens (including phenoxy) is 1. The molecule has 0 saturated heterocycles. The molecular formula is C9H14N2O2. The molecule has 1 N–H and O–H groups in total. The summed E-state index contributed by atoms with van der Waals surface area (Å²) in [5, 5.41) is 2.74. The van der Waals surface area contributed by atoms with Gasteiger partial charge in [0.1, 0.15) is 5.69 Å². The number of nitrogens with one attached hydrogen (secondary N) is 1. The van der Waals surface area contributed by atoms with Crippen LogP contribution in [0.2, 0.25) is 0 Å². The zero-order valence-corrected chi connectivity index (χ0v) is 7.91. The van der Waals surface area contributed by atoms with Crippen LogP contribution in [-0.4, -0.2) is 30.7 Å². The molecule has 1 rings (SSSR count). The summed E-state index contributed by atoms with van der Waals surface area (Å²) in [6.45, 7) is 1.08. The fourth-order valence-electron chi connectivity index (χ4n) is 1.05. The number of nitrogens with zero attached hydrogens (tertiary/aromatic N) is 1. The number of aromatic nitrogens is 1. The molecular weight excluding hydrogens is 168 g/mol. The van der Waals surface area contributed by atoms with Crippen molar-refractivity contribution in [1.82, 2.24) is 9.88 Å². The Morgan fingerprint density at radius 1 is 1.69 bits per heavy atom. The number of hydrogen-bond donors (Lipinski definition) is 1. The lowest BCUT2D eigenvalue weighted by Crippen LogP contribution is -2.28. The van der Waals surface area contributed by atoms with E-state index in [1.165, 1.54) is 0 Å². The fraction of sp³-hybridized carbons (Fsp3) is 0.444. The second-order valence-corrected chi connectivity index (χ2v) is 2.75. The number of methoxy groups -OCH3 is 1. The highest BCUT2D eigenvalue weighted by Crippen LogP contribution is 1.98. The number of hydrogen-bond acceptors (Lipinski definition) is 2. The molecule has 1 heterocycles. The van der Waals surface area contributed by atoms with E-state index in [0.29, 0.717) is 18.8 Å². The van der Waals surface area contributed by atoms with Crippen LogP contribution in [0.1, 0.15) is 10.5 Å². The Balaban J connectivity index is 2.45. The first-order chi connectivity index (χ1) is 6.25. The maximum Gasteiger partial charge on any atom is 0.267 e. The number of rotatable bonds is 4. The van der Waals surface area contributed by atoms with Crippen molar-refractivity contribution in [2.24, 2.45) is 7.05 Å². The first-order valence-electron chi connectivity index (χ1n) is 4.14. The van der Waals surface area contributed by atoms with Crippen LogP contribution in [0.5, 0.6) is 0 Å². The molecule has 0 aromatic carbocycles. The minimum atomic E-state index is -0.0652. The van der Waals surface area contributed by atoms with Crippen LogP contribution in [0.4, 0.5) is 0 Å². The van der Waals surface area contributed by atoms with E-state index in [4.69, 9.17) is 4.74 Å². The average Bonchev–Trinajstić information content (AvgIpc) is 2.52. The number of amides is 1. The minimum absolute atomic E-state index is 0.0652. The number of carbonyl (C=O) groups is 1. The van der Waals surface area contributed by atoms with Gasteiger partial charge in [0.05, 0.1) is 6.61 Å². The van der Waals surface area contributed by atoms with Crippen molar-refractivity contribution in [2.75, 3.05) is 20.3 Å². The van der Waals surface area contributed by atoms with E-state index >= 15 is 0 Å². The van der Waals surface area contributed by atoms with Gasteiger partial charge in [0, 0.05) is 26.9 Å². The van der Waals surface area contributed by atoms with Crippen molar-refractivity contribution in [1.29, 1.82) is 0 Å². The molecule has 0 radical (unpaired) electrons. The van der Waals surface area contributed by atoms with Gasteiger partial charge in [0.2, 0.25) is 0 Å². The molecule has 0 spiro atoms. The third kappa shape index (κ3) is 2.59. The molecule has 1 aromatic heterocycles. The molecule has 0 aliphatic heterocycles. The van der Waals surface area contributed by atoms with Crippen molar-refractivity contribution in [2.45, 2.75) is 0 Å². The molecule has 0 aliphatic carbocycles. The average molecular weight is 182 g/mol. The van der Waals surface area contributed by atoms with Crippen molar-refractivity contribution >= 4 is 5.91 Å². The second kappa shape index (κ2) is 4.67. The number of aryl methyl sites for hydroxylation is 1. The Labute approximate surface area is 77.5 Å². The van der Waals surface area contributed by atoms with E-state index in [2.05, 4.69) is 5.32 Å². The van der Waals surface area contributed by atoms with E-state index in [-0.39, 0.29) is 5.91 Å². The quantitative estimate of drug-likeness (QED) is 0.685. The first-order valence-corrected chi connectivity index (χ1v) is 4.14. The van der Waals surface area contributed by atoms with Gasteiger partial charge in [-0.25, -0.2) is 0 Å². The molecule has 1 amide bonds. The predicted molar refractivity (Wildman–Crippen MR) is 49.6 cm³/mol. The molecule has 0 fully saturated rings. The summed E-state index contributed by atoms with van der Waals surface area (Å²) in [6.07, 6.45) is 1.84. The lowest BCUT2D eigenvalue weighted by atomic mass is 10.4. The monoisotopic (exact) mass is 182 g/mol. The maximum absolute atomic E-state index is 11.4. The van der Waals surface area contributed by atoms with Gasteiger partial charge in [-0.1, -0.05) is 0 Å². The summed E-state index contributed by atoms with van der Waals surface area (Å²) < 4.78 is 6.60. The Morgan fingerprint density at radius 2 is 2.46 bits per heavy atom. The van der Waals surface area contributed by atoms with Crippen molar-refractivity contribution in [3.05, 3.63) is 24.0 Å². The van der Waals surface area contributed by atoms with Gasteiger partial charge in [-0.2, -0.15) is 0 Å². The van der Waals surface area contributed by atoms with Crippen LogP contribution in [0.15, 0.2) is 18.3 Å². The minimum Gasteiger partial charge on any atom is -0.383 e. The van der Waals surface area contributed by atoms with Gasteiger partial charge in [-0.05, 0) is 12.1 Å². The summed E-state index contributed by atoms with van der Waals surface area (Å²) in [5.74, 6) is -0.0652. The molecule has 72 valence electrons. The van der Waals surface area contributed by atoms with Crippen LogP contribution in [0.25, 0.3) is 0 Å². The van der Waals surface area contributed by atoms with Crippen molar-refractivity contribution < 1.29 is 9.53 Å². The standard InChI is InChI=1S/C9H14N2O2/c1-11-6-3-4-8(11)9(12)10-5-7-13-2/h3-4,6H,5,7H2,1-2H3,(H,10,12). The van der Waals surface area contributed by atoms with Crippen molar-refractivity contribution in [3.8, 4) is 0 Å². The van der Waals surface area contributed by atoms with E-state index in [1.807, 2.05) is 19.3 Å². The topological polar surface area (TPSA) is 43.3 Å². The zero-order valence-electron chi connectivity index (χ0n) is 7.91. The van der Waals surface area contributed by atoms with Crippen LogP contribution in [-0.2, 0) is 11.8 Å². The van der Waals surface area contributed by atoms with Gasteiger partial charge in [-0.3, -0.25) is 4.79 Å². The summed E-state index contributed by atoms with van der Waals surface area (Å²) in [4.78, 5) is 11.4. The molecule has 0 saturated carbocycles. The van der Waals surface area contributed by atoms with Gasteiger partial charge in [0.25, 0.3) is 5.91 Å². The van der Waals surface area contributed by atoms with E-state index < -0.39 is 0 Å². The Hall–Kier alpha value is -1.29. The van der Waals surface area contributed by atoms with E-state index in [1.54, 1.807) is 17.7 Å². The maximum atomic E-state index is 11.4. The number of carbonyl (C=O) groups excluding carboxylic acids is 1. The molecule has 4 heteroatoms. The Morgan fingerprint density at radius 3 is 3.00 bits per heavy atom. The van der Waals surface area contributed by atoms with Crippen LogP contribution in [0.3, 0.4) is 0 Å². The third-order valence-corrected chi connectivity index (χ3v) is 1.77. The highest BCUT2D eigenvalue weighted by molar-refractivity contribution is 5.92. The lowest BCUT2D eigenvalue weighted by Gasteiger charge is -2.04. The van der Waals surface area contributed by atoms with Crippen LogP contribution in [0, 0.1) is 0 Å². The summed E-state index contributed by atoms with van der Waals surface area (Å²) in [6, 6.07) is 3.62. The lowest BCUT2D eigenvalue weighted by molar-refractivity contribution is 0.0929. The summed E-state index contributed by atoms with van der Waals surface area (Å²) in [5.41, 5.74) is 0.663. The van der Waals surface area contributed by atoms with Gasteiger partial charge >= 0.3 is 0 Å². The van der Waals surface area contributed by atoms with E-state index in [0.717, 1.165) is 0 Å².